The van der Waals surface area contributed by atoms with Crippen molar-refractivity contribution in [3.05, 3.63) is 94.8 Å². The lowest BCUT2D eigenvalue weighted by molar-refractivity contribution is -0.138. The molecule has 1 heterocycles. The molecule has 0 radical (unpaired) electrons. The number of halogens is 2. The van der Waals surface area contributed by atoms with Crippen LogP contribution in [0.3, 0.4) is 0 Å². The van der Waals surface area contributed by atoms with Gasteiger partial charge in [-0.15, -0.1) is 0 Å². The predicted octanol–water partition coefficient (Wildman–Crippen LogP) is 5.63. The molecule has 1 aliphatic rings. The van der Waals surface area contributed by atoms with Gasteiger partial charge in [0.2, 0.25) is 5.91 Å². The van der Waals surface area contributed by atoms with E-state index in [4.69, 9.17) is 21.4 Å². The van der Waals surface area contributed by atoms with Crippen LogP contribution in [0.5, 0.6) is 5.75 Å². The van der Waals surface area contributed by atoms with Crippen molar-refractivity contribution >= 4 is 29.2 Å². The second-order valence-electron chi connectivity index (χ2n) is 7.65. The van der Waals surface area contributed by atoms with E-state index in [0.29, 0.717) is 23.1 Å². The number of anilines is 1. The Morgan fingerprint density at radius 1 is 1.00 bits per heavy atom. The fourth-order valence-electron chi connectivity index (χ4n) is 3.89. The first kappa shape index (κ1) is 21.8. The first-order valence-electron chi connectivity index (χ1n) is 10.2. The maximum Gasteiger partial charge on any atom is 0.303 e. The monoisotopic (exact) mass is 453 g/mol. The largest absolute Gasteiger partial charge is 0.489 e. The molecule has 5 nitrogen and oxygen atoms in total. The normalized spacial score (nSPS) is 17.7. The zero-order valence-electron chi connectivity index (χ0n) is 17.1. The van der Waals surface area contributed by atoms with Crippen molar-refractivity contribution in [1.29, 1.82) is 0 Å². The molecule has 0 aliphatic carbocycles. The lowest BCUT2D eigenvalue weighted by Gasteiger charge is -2.47. The lowest BCUT2D eigenvalue weighted by atomic mass is 9.79. The molecule has 164 valence electrons. The topological polar surface area (TPSA) is 66.8 Å². The number of amides is 1. The molecule has 4 rings (SSSR count). The van der Waals surface area contributed by atoms with Crippen molar-refractivity contribution in [2.45, 2.75) is 25.5 Å². The van der Waals surface area contributed by atoms with E-state index in [1.807, 2.05) is 36.4 Å². The summed E-state index contributed by atoms with van der Waals surface area (Å²) in [7, 11) is 0. The summed E-state index contributed by atoms with van der Waals surface area (Å²) in [5, 5.41) is 9.72. The molecule has 1 amide bonds. The van der Waals surface area contributed by atoms with Gasteiger partial charge in [-0.05, 0) is 66.1 Å². The van der Waals surface area contributed by atoms with Crippen LogP contribution in [0, 0.1) is 11.7 Å². The van der Waals surface area contributed by atoms with E-state index < -0.39 is 11.9 Å². The highest BCUT2D eigenvalue weighted by atomic mass is 35.5. The summed E-state index contributed by atoms with van der Waals surface area (Å²) in [6.07, 6.45) is 0.151. The number of aliphatic carboxylic acids is 1. The third-order valence-corrected chi connectivity index (χ3v) is 5.78. The molecule has 1 aliphatic heterocycles. The van der Waals surface area contributed by atoms with Gasteiger partial charge in [-0.2, -0.15) is 0 Å². The van der Waals surface area contributed by atoms with E-state index in [1.165, 1.54) is 12.1 Å². The van der Waals surface area contributed by atoms with Crippen LogP contribution in [-0.2, 0) is 16.2 Å². The van der Waals surface area contributed by atoms with Gasteiger partial charge in [0.25, 0.3) is 0 Å². The molecule has 1 saturated heterocycles. The van der Waals surface area contributed by atoms with Gasteiger partial charge in [0, 0.05) is 17.1 Å². The van der Waals surface area contributed by atoms with E-state index in [1.54, 1.807) is 29.2 Å². The Morgan fingerprint density at radius 3 is 2.28 bits per heavy atom. The molecule has 3 aromatic carbocycles. The molecule has 0 saturated carbocycles. The minimum atomic E-state index is -0.942. The van der Waals surface area contributed by atoms with Gasteiger partial charge >= 0.3 is 5.97 Å². The summed E-state index contributed by atoms with van der Waals surface area (Å²) in [5.41, 5.74) is 2.43. The molecule has 7 heteroatoms. The summed E-state index contributed by atoms with van der Waals surface area (Å²) in [6, 6.07) is 20.2. The van der Waals surface area contributed by atoms with Crippen molar-refractivity contribution in [3.63, 3.8) is 0 Å². The Balaban J connectivity index is 1.51. The highest BCUT2D eigenvalue weighted by Crippen LogP contribution is 2.45. The second-order valence-corrected chi connectivity index (χ2v) is 8.09. The van der Waals surface area contributed by atoms with Crippen LogP contribution in [0.4, 0.5) is 10.1 Å². The summed E-state index contributed by atoms with van der Waals surface area (Å²) in [4.78, 5) is 25.4. The maximum absolute atomic E-state index is 13.3. The number of benzene rings is 3. The summed E-state index contributed by atoms with van der Waals surface area (Å²) in [5.74, 6) is -1.27. The van der Waals surface area contributed by atoms with Crippen LogP contribution < -0.4 is 9.64 Å². The van der Waals surface area contributed by atoms with E-state index >= 15 is 0 Å². The predicted molar refractivity (Wildman–Crippen MR) is 119 cm³/mol. The molecular weight excluding hydrogens is 433 g/mol. The van der Waals surface area contributed by atoms with Crippen LogP contribution in [-0.4, -0.2) is 17.0 Å². The fourth-order valence-corrected chi connectivity index (χ4v) is 4.01. The number of hydrogen-bond donors (Lipinski definition) is 1. The molecule has 1 N–H and O–H groups in total. The number of hydrogen-bond acceptors (Lipinski definition) is 3. The maximum atomic E-state index is 13.3. The van der Waals surface area contributed by atoms with Crippen molar-refractivity contribution < 1.29 is 23.8 Å². The van der Waals surface area contributed by atoms with Crippen LogP contribution in [0.25, 0.3) is 0 Å². The summed E-state index contributed by atoms with van der Waals surface area (Å²) in [6.45, 7) is 0.390. The van der Waals surface area contributed by atoms with E-state index in [2.05, 4.69) is 0 Å². The van der Waals surface area contributed by atoms with Gasteiger partial charge in [-0.3, -0.25) is 9.59 Å². The smallest absolute Gasteiger partial charge is 0.303 e. The van der Waals surface area contributed by atoms with Gasteiger partial charge in [0.1, 0.15) is 18.2 Å². The minimum absolute atomic E-state index is 0.0908. The third kappa shape index (κ3) is 4.75. The van der Waals surface area contributed by atoms with Gasteiger partial charge in [-0.25, -0.2) is 4.39 Å². The molecule has 0 aromatic heterocycles. The number of ether oxygens (including phenoxy) is 1. The average Bonchev–Trinajstić information content (AvgIpc) is 2.78. The molecule has 1 fully saturated rings. The number of nitrogens with zero attached hydrogens (tertiary/aromatic N) is 1. The van der Waals surface area contributed by atoms with Crippen LogP contribution in [0.1, 0.15) is 30.0 Å². The molecule has 0 unspecified atom stereocenters. The Bertz CT molecular complexity index is 1100. The van der Waals surface area contributed by atoms with Gasteiger partial charge in [0.05, 0.1) is 12.0 Å². The molecular formula is C25H21ClFNO4. The molecule has 2 atom stereocenters. The number of carboxylic acid groups (broad SMARTS) is 1. The average molecular weight is 454 g/mol. The van der Waals surface area contributed by atoms with Crippen LogP contribution >= 0.6 is 11.6 Å². The standard InChI is InChI=1S/C25H21ClFNO4/c26-18-5-1-16(2-6-18)15-32-21-11-3-17(4-12-21)24-22(13-14-23(29)30)25(31)28(24)20-9-7-19(27)8-10-20/h1-12,22,24H,13-15H2,(H,29,30)/t22-,24-/m1/s1. The van der Waals surface area contributed by atoms with Crippen molar-refractivity contribution in [2.24, 2.45) is 5.92 Å². The third-order valence-electron chi connectivity index (χ3n) is 5.53. The number of carboxylic acids is 1. The van der Waals surface area contributed by atoms with Crippen molar-refractivity contribution in [1.82, 2.24) is 0 Å². The summed E-state index contributed by atoms with van der Waals surface area (Å²) >= 11 is 5.90. The Hall–Kier alpha value is -3.38. The molecule has 32 heavy (non-hydrogen) atoms. The van der Waals surface area contributed by atoms with Crippen LogP contribution in [0.2, 0.25) is 5.02 Å². The lowest BCUT2D eigenvalue weighted by Crippen LogP contribution is -2.55. The van der Waals surface area contributed by atoms with Crippen molar-refractivity contribution in [2.75, 3.05) is 4.90 Å². The Morgan fingerprint density at radius 2 is 1.66 bits per heavy atom. The van der Waals surface area contributed by atoms with E-state index in [0.717, 1.165) is 11.1 Å². The fraction of sp³-hybridized carbons (Fsp3) is 0.200. The second kappa shape index (κ2) is 9.40. The number of β-lactam (4-membered cyclic amide) rings is 1. The van der Waals surface area contributed by atoms with Crippen molar-refractivity contribution in [3.8, 4) is 5.75 Å². The van der Waals surface area contributed by atoms with Gasteiger partial charge < -0.3 is 14.7 Å². The molecule has 0 bridgehead atoms. The number of carbonyl (C=O) groups is 2. The zero-order chi connectivity index (χ0) is 22.7. The van der Waals surface area contributed by atoms with E-state index in [9.17, 15) is 14.0 Å². The van der Waals surface area contributed by atoms with Gasteiger partial charge in [-0.1, -0.05) is 35.9 Å². The quantitative estimate of drug-likeness (QED) is 0.449. The van der Waals surface area contributed by atoms with Crippen LogP contribution in [0.15, 0.2) is 72.8 Å². The highest BCUT2D eigenvalue weighted by molar-refractivity contribution is 6.30. The highest BCUT2D eigenvalue weighted by Gasteiger charge is 2.48. The van der Waals surface area contributed by atoms with Gasteiger partial charge in [0.15, 0.2) is 0 Å². The first-order valence-corrected chi connectivity index (χ1v) is 10.6. The number of rotatable bonds is 8. The zero-order valence-corrected chi connectivity index (χ0v) is 17.8. The first-order chi connectivity index (χ1) is 15.4. The SMILES string of the molecule is O=C(O)CC[C@H]1C(=O)N(c2ccc(F)cc2)[C@@H]1c1ccc(OCc2ccc(Cl)cc2)cc1. The Labute approximate surface area is 190 Å². The number of carbonyl (C=O) groups excluding carboxylic acids is 1. The van der Waals surface area contributed by atoms with E-state index in [-0.39, 0.29) is 30.6 Å². The Kier molecular flexibility index (Phi) is 6.42. The molecule has 3 aromatic rings. The minimum Gasteiger partial charge on any atom is -0.489 e. The summed E-state index contributed by atoms with van der Waals surface area (Å²) < 4.78 is 19.2. The molecule has 0 spiro atoms.